The van der Waals surface area contributed by atoms with Crippen LogP contribution < -0.4 is 0 Å². The molecule has 0 atom stereocenters. The smallest absolute Gasteiger partial charge is 0.339 e. The van der Waals surface area contributed by atoms with Gasteiger partial charge in [-0.1, -0.05) is 18.2 Å². The van der Waals surface area contributed by atoms with E-state index in [0.29, 0.717) is 45.1 Å². The zero-order valence-electron chi connectivity index (χ0n) is 16.8. The highest BCUT2D eigenvalue weighted by Crippen LogP contribution is 2.27. The lowest BCUT2D eigenvalue weighted by molar-refractivity contribution is 0.0441. The van der Waals surface area contributed by atoms with Crippen molar-refractivity contribution in [1.29, 1.82) is 0 Å². The van der Waals surface area contributed by atoms with Crippen LogP contribution in [0.15, 0.2) is 68.0 Å². The first-order valence-corrected chi connectivity index (χ1v) is 9.59. The predicted octanol–water partition coefficient (Wildman–Crippen LogP) is 5.11. The summed E-state index contributed by atoms with van der Waals surface area (Å²) in [5, 5.41) is 8.66. The molecule has 0 aliphatic rings. The molecule has 5 rings (SSSR count). The summed E-state index contributed by atoms with van der Waals surface area (Å²) < 4.78 is 22.0. The molecule has 5 aromatic rings. The third-order valence-electron chi connectivity index (χ3n) is 4.77. The third-order valence-corrected chi connectivity index (χ3v) is 4.77. The first-order valence-electron chi connectivity index (χ1n) is 9.59. The second-order valence-electron chi connectivity index (χ2n) is 6.95. The van der Waals surface area contributed by atoms with Crippen LogP contribution in [0.2, 0.25) is 0 Å². The molecular weight excluding hydrogens is 398 g/mol. The Morgan fingerprint density at radius 1 is 1.03 bits per heavy atom. The Hall–Kier alpha value is -4.20. The van der Waals surface area contributed by atoms with Gasteiger partial charge in [0.25, 0.3) is 11.8 Å². The Kier molecular flexibility index (Phi) is 4.59. The zero-order chi connectivity index (χ0) is 21.4. The number of esters is 1. The van der Waals surface area contributed by atoms with Crippen molar-refractivity contribution in [1.82, 2.24) is 15.2 Å². The molecular formula is C23H17N3O5. The zero-order valence-corrected chi connectivity index (χ0v) is 16.8. The number of aromatic nitrogens is 3. The highest BCUT2D eigenvalue weighted by atomic mass is 16.5. The summed E-state index contributed by atoms with van der Waals surface area (Å²) in [4.78, 5) is 17.5. The minimum absolute atomic E-state index is 0.158. The Morgan fingerprint density at radius 3 is 2.68 bits per heavy atom. The van der Waals surface area contributed by atoms with Crippen molar-refractivity contribution in [2.75, 3.05) is 0 Å². The summed E-state index contributed by atoms with van der Waals surface area (Å²) in [6.45, 7) is 3.50. The summed E-state index contributed by atoms with van der Waals surface area (Å²) in [7, 11) is 0. The summed E-state index contributed by atoms with van der Waals surface area (Å²) in [5.41, 5.74) is 2.29. The topological polar surface area (TPSA) is 104 Å². The molecule has 1 aromatic carbocycles. The number of ether oxygens (including phenoxy) is 1. The van der Waals surface area contributed by atoms with E-state index >= 15 is 0 Å². The second-order valence-corrected chi connectivity index (χ2v) is 6.95. The number of benzene rings is 1. The lowest BCUT2D eigenvalue weighted by atomic mass is 10.1. The number of furan rings is 2. The number of rotatable bonds is 5. The van der Waals surface area contributed by atoms with Crippen LogP contribution in [-0.4, -0.2) is 21.2 Å². The van der Waals surface area contributed by atoms with Crippen molar-refractivity contribution < 1.29 is 22.8 Å². The van der Waals surface area contributed by atoms with Gasteiger partial charge in [-0.2, -0.15) is 0 Å². The molecule has 0 N–H and O–H groups in total. The normalized spacial score (nSPS) is 11.2. The first-order chi connectivity index (χ1) is 15.1. The Balaban J connectivity index is 1.40. The molecule has 8 nitrogen and oxygen atoms in total. The van der Waals surface area contributed by atoms with Crippen LogP contribution in [0.25, 0.3) is 33.8 Å². The van der Waals surface area contributed by atoms with E-state index in [1.54, 1.807) is 24.5 Å². The number of para-hydroxylation sites is 1. The highest BCUT2D eigenvalue weighted by Gasteiger charge is 2.19. The fourth-order valence-electron chi connectivity index (χ4n) is 3.36. The first kappa shape index (κ1) is 18.8. The van der Waals surface area contributed by atoms with E-state index < -0.39 is 5.97 Å². The van der Waals surface area contributed by atoms with Gasteiger partial charge < -0.3 is 18.0 Å². The molecule has 0 saturated heterocycles. The second kappa shape index (κ2) is 7.56. The third kappa shape index (κ3) is 3.59. The van der Waals surface area contributed by atoms with Crippen LogP contribution in [0.1, 0.15) is 27.8 Å². The van der Waals surface area contributed by atoms with Gasteiger partial charge in [0.2, 0.25) is 0 Å². The lowest BCUT2D eigenvalue weighted by Crippen LogP contribution is -2.07. The van der Waals surface area contributed by atoms with Crippen molar-refractivity contribution in [2.24, 2.45) is 0 Å². The van der Waals surface area contributed by atoms with Gasteiger partial charge in [-0.3, -0.25) is 0 Å². The van der Waals surface area contributed by atoms with E-state index in [-0.39, 0.29) is 12.5 Å². The van der Waals surface area contributed by atoms with Gasteiger partial charge in [0.15, 0.2) is 12.4 Å². The molecule has 0 bridgehead atoms. The van der Waals surface area contributed by atoms with E-state index in [2.05, 4.69) is 15.2 Å². The van der Waals surface area contributed by atoms with Gasteiger partial charge in [-0.25, -0.2) is 9.78 Å². The number of fused-ring (bicyclic) bond motifs is 1. The van der Waals surface area contributed by atoms with E-state index in [0.717, 1.165) is 5.76 Å². The van der Waals surface area contributed by atoms with Gasteiger partial charge in [-0.05, 0) is 44.2 Å². The monoisotopic (exact) mass is 415 g/mol. The predicted molar refractivity (Wildman–Crippen MR) is 110 cm³/mol. The van der Waals surface area contributed by atoms with Crippen molar-refractivity contribution in [3.63, 3.8) is 0 Å². The Bertz CT molecular complexity index is 1380. The Labute approximate surface area is 176 Å². The van der Waals surface area contributed by atoms with Crippen LogP contribution in [-0.2, 0) is 11.3 Å². The van der Waals surface area contributed by atoms with Gasteiger partial charge in [0, 0.05) is 5.39 Å². The fraction of sp³-hybridized carbons (Fsp3) is 0.130. The molecule has 0 radical (unpaired) electrons. The molecule has 8 heteroatoms. The molecule has 0 fully saturated rings. The van der Waals surface area contributed by atoms with Crippen molar-refractivity contribution >= 4 is 16.9 Å². The molecule has 4 heterocycles. The maximum atomic E-state index is 12.9. The van der Waals surface area contributed by atoms with E-state index in [1.165, 1.54) is 0 Å². The average molecular weight is 415 g/mol. The molecule has 154 valence electrons. The number of hydrogen-bond donors (Lipinski definition) is 0. The maximum Gasteiger partial charge on any atom is 0.339 e. The summed E-state index contributed by atoms with van der Waals surface area (Å²) in [6, 6.07) is 14.4. The number of carbonyl (C=O) groups is 1. The highest BCUT2D eigenvalue weighted by molar-refractivity contribution is 6.04. The lowest BCUT2D eigenvalue weighted by Gasteiger charge is -2.08. The van der Waals surface area contributed by atoms with Crippen molar-refractivity contribution in [3.8, 4) is 22.9 Å². The van der Waals surface area contributed by atoms with E-state index in [9.17, 15) is 4.79 Å². The minimum atomic E-state index is -0.526. The van der Waals surface area contributed by atoms with Crippen LogP contribution in [0.3, 0.4) is 0 Å². The molecule has 31 heavy (non-hydrogen) atoms. The van der Waals surface area contributed by atoms with Crippen LogP contribution in [0.4, 0.5) is 0 Å². The number of nitrogens with zero attached hydrogens (tertiary/aromatic N) is 3. The molecule has 0 aliphatic carbocycles. The van der Waals surface area contributed by atoms with Crippen LogP contribution >= 0.6 is 0 Å². The van der Waals surface area contributed by atoms with E-state index in [4.69, 9.17) is 18.0 Å². The van der Waals surface area contributed by atoms with Gasteiger partial charge >= 0.3 is 5.97 Å². The minimum Gasteiger partial charge on any atom is -0.466 e. The van der Waals surface area contributed by atoms with Gasteiger partial charge in [0.05, 0.1) is 22.9 Å². The number of hydrogen-bond acceptors (Lipinski definition) is 8. The SMILES string of the molecule is Cc1cc(-c2nnc(COC(=O)c3cc(-c4ccco4)nc4ccccc34)o2)c(C)o1. The maximum absolute atomic E-state index is 12.9. The Morgan fingerprint density at radius 2 is 1.90 bits per heavy atom. The van der Waals surface area contributed by atoms with Gasteiger partial charge in [0.1, 0.15) is 17.2 Å². The van der Waals surface area contributed by atoms with Gasteiger partial charge in [-0.15, -0.1) is 10.2 Å². The van der Waals surface area contributed by atoms with Crippen molar-refractivity contribution in [2.45, 2.75) is 20.5 Å². The molecule has 0 aliphatic heterocycles. The molecule has 0 spiro atoms. The van der Waals surface area contributed by atoms with Crippen LogP contribution in [0.5, 0.6) is 0 Å². The average Bonchev–Trinajstić information content (AvgIpc) is 3.52. The molecule has 0 unspecified atom stereocenters. The number of aryl methyl sites for hydroxylation is 2. The molecule has 0 amide bonds. The standard InChI is InChI=1S/C23H17N3O5/c1-13-10-16(14(2)30-13)22-26-25-21(31-22)12-29-23(27)17-11-19(20-8-5-9-28-20)24-18-7-4-3-6-15(17)18/h3-11H,12H2,1-2H3. The fourth-order valence-corrected chi connectivity index (χ4v) is 3.36. The molecule has 0 saturated carbocycles. The summed E-state index contributed by atoms with van der Waals surface area (Å²) >= 11 is 0. The number of pyridine rings is 1. The van der Waals surface area contributed by atoms with Crippen LogP contribution in [0, 0.1) is 13.8 Å². The van der Waals surface area contributed by atoms with Crippen molar-refractivity contribution in [3.05, 3.63) is 77.8 Å². The number of carbonyl (C=O) groups excluding carboxylic acids is 1. The summed E-state index contributed by atoms with van der Waals surface area (Å²) in [5.74, 6) is 1.96. The largest absolute Gasteiger partial charge is 0.466 e. The summed E-state index contributed by atoms with van der Waals surface area (Å²) in [6.07, 6.45) is 1.56. The molecule has 4 aromatic heterocycles. The quantitative estimate of drug-likeness (QED) is 0.365. The van der Waals surface area contributed by atoms with E-state index in [1.807, 2.05) is 44.2 Å².